The molecule has 128 valence electrons. The third kappa shape index (κ3) is 3.43. The lowest BCUT2D eigenvalue weighted by atomic mass is 9.98. The molecule has 4 heteroatoms. The van der Waals surface area contributed by atoms with Gasteiger partial charge >= 0.3 is 6.03 Å². The van der Waals surface area contributed by atoms with Gasteiger partial charge in [-0.15, -0.1) is 0 Å². The SMILES string of the molecule is O=C(NC1CCC(c2ccccc2)C1)N1N=CCC1c1ccccc1. The standard InChI is InChI=1S/C21H23N3O/c25-21(24-20(13-14-22-24)17-9-5-2-6-10-17)23-19-12-11-18(15-19)16-7-3-1-4-8-16/h1-10,14,18-20H,11-13,15H2,(H,23,25). The van der Waals surface area contributed by atoms with Crippen molar-refractivity contribution in [3.63, 3.8) is 0 Å². The van der Waals surface area contributed by atoms with Crippen molar-refractivity contribution in [1.82, 2.24) is 10.3 Å². The molecule has 0 spiro atoms. The van der Waals surface area contributed by atoms with E-state index in [1.54, 1.807) is 5.01 Å². The molecule has 1 heterocycles. The minimum Gasteiger partial charge on any atom is -0.334 e. The summed E-state index contributed by atoms with van der Waals surface area (Å²) in [6.07, 6.45) is 5.76. The van der Waals surface area contributed by atoms with Crippen LogP contribution in [0.2, 0.25) is 0 Å². The maximum atomic E-state index is 12.7. The van der Waals surface area contributed by atoms with Gasteiger partial charge in [0, 0.05) is 18.7 Å². The van der Waals surface area contributed by atoms with Crippen LogP contribution in [0.15, 0.2) is 65.8 Å². The number of nitrogens with one attached hydrogen (secondary N) is 1. The first-order chi connectivity index (χ1) is 12.3. The summed E-state index contributed by atoms with van der Waals surface area (Å²) in [4.78, 5) is 12.7. The van der Waals surface area contributed by atoms with E-state index < -0.39 is 0 Å². The second kappa shape index (κ2) is 7.09. The van der Waals surface area contributed by atoms with Gasteiger partial charge < -0.3 is 5.32 Å². The summed E-state index contributed by atoms with van der Waals surface area (Å²) in [5.41, 5.74) is 2.50. The molecule has 2 amide bonds. The number of hydrogen-bond acceptors (Lipinski definition) is 2. The van der Waals surface area contributed by atoms with Crippen molar-refractivity contribution in [2.75, 3.05) is 0 Å². The molecule has 2 aromatic rings. The van der Waals surface area contributed by atoms with Crippen LogP contribution in [0.25, 0.3) is 0 Å². The lowest BCUT2D eigenvalue weighted by Gasteiger charge is -2.24. The first-order valence-electron chi connectivity index (χ1n) is 9.03. The minimum absolute atomic E-state index is 0.00697. The molecular weight excluding hydrogens is 310 g/mol. The fourth-order valence-corrected chi connectivity index (χ4v) is 3.94. The van der Waals surface area contributed by atoms with Crippen LogP contribution in [0, 0.1) is 0 Å². The number of hydrazone groups is 1. The Kier molecular flexibility index (Phi) is 4.51. The van der Waals surface area contributed by atoms with Crippen LogP contribution in [0.1, 0.15) is 48.8 Å². The summed E-state index contributed by atoms with van der Waals surface area (Å²) in [5, 5.41) is 9.10. The van der Waals surface area contributed by atoms with E-state index >= 15 is 0 Å². The molecule has 1 saturated carbocycles. The second-order valence-corrected chi connectivity index (χ2v) is 6.87. The van der Waals surface area contributed by atoms with Crippen LogP contribution in [-0.4, -0.2) is 23.3 Å². The Bertz CT molecular complexity index is 744. The molecule has 4 rings (SSSR count). The molecule has 1 N–H and O–H groups in total. The van der Waals surface area contributed by atoms with Gasteiger partial charge in [-0.25, -0.2) is 9.80 Å². The Morgan fingerprint density at radius 3 is 2.36 bits per heavy atom. The van der Waals surface area contributed by atoms with E-state index in [9.17, 15) is 4.79 Å². The van der Waals surface area contributed by atoms with Crippen LogP contribution in [0.5, 0.6) is 0 Å². The zero-order chi connectivity index (χ0) is 17.1. The first-order valence-corrected chi connectivity index (χ1v) is 9.03. The predicted molar refractivity (Wildman–Crippen MR) is 99.5 cm³/mol. The Hall–Kier alpha value is -2.62. The van der Waals surface area contributed by atoms with Gasteiger partial charge in [-0.1, -0.05) is 60.7 Å². The van der Waals surface area contributed by atoms with Gasteiger partial charge in [0.2, 0.25) is 0 Å². The normalized spacial score (nSPS) is 25.3. The van der Waals surface area contributed by atoms with Gasteiger partial charge in [0.25, 0.3) is 0 Å². The second-order valence-electron chi connectivity index (χ2n) is 6.87. The van der Waals surface area contributed by atoms with Gasteiger partial charge in [-0.3, -0.25) is 0 Å². The number of rotatable bonds is 3. The number of amides is 2. The largest absolute Gasteiger partial charge is 0.338 e. The van der Waals surface area contributed by atoms with Crippen LogP contribution < -0.4 is 5.32 Å². The first kappa shape index (κ1) is 15.9. The molecule has 0 bridgehead atoms. The lowest BCUT2D eigenvalue weighted by molar-refractivity contribution is 0.182. The summed E-state index contributed by atoms with van der Waals surface area (Å²) in [7, 11) is 0. The van der Waals surface area contributed by atoms with E-state index in [1.165, 1.54) is 5.56 Å². The van der Waals surface area contributed by atoms with E-state index in [4.69, 9.17) is 0 Å². The van der Waals surface area contributed by atoms with Crippen molar-refractivity contribution in [1.29, 1.82) is 0 Å². The van der Waals surface area contributed by atoms with Crippen molar-refractivity contribution in [2.45, 2.75) is 43.7 Å². The summed E-state index contributed by atoms with van der Waals surface area (Å²) in [5.74, 6) is 0.540. The van der Waals surface area contributed by atoms with Gasteiger partial charge in [0.1, 0.15) is 0 Å². The molecule has 0 radical (unpaired) electrons. The summed E-state index contributed by atoms with van der Waals surface area (Å²) in [6.45, 7) is 0. The Morgan fingerprint density at radius 2 is 1.64 bits per heavy atom. The highest BCUT2D eigenvalue weighted by Crippen LogP contribution is 2.35. The highest BCUT2D eigenvalue weighted by molar-refractivity contribution is 5.78. The molecule has 2 aliphatic rings. The number of carbonyl (C=O) groups excluding carboxylic acids is 1. The Morgan fingerprint density at radius 1 is 0.960 bits per heavy atom. The third-order valence-corrected chi connectivity index (χ3v) is 5.25. The molecule has 3 unspecified atom stereocenters. The number of urea groups is 1. The maximum absolute atomic E-state index is 12.7. The number of benzene rings is 2. The Labute approximate surface area is 148 Å². The topological polar surface area (TPSA) is 44.7 Å². The highest BCUT2D eigenvalue weighted by Gasteiger charge is 2.32. The number of nitrogens with zero attached hydrogens (tertiary/aromatic N) is 2. The maximum Gasteiger partial charge on any atom is 0.338 e. The Balaban J connectivity index is 1.38. The molecule has 4 nitrogen and oxygen atoms in total. The molecule has 2 aromatic carbocycles. The monoisotopic (exact) mass is 333 g/mol. The fraction of sp³-hybridized carbons (Fsp3) is 0.333. The van der Waals surface area contributed by atoms with Crippen LogP contribution in [0.4, 0.5) is 4.79 Å². The fourth-order valence-electron chi connectivity index (χ4n) is 3.94. The number of carbonyl (C=O) groups is 1. The number of hydrogen-bond donors (Lipinski definition) is 1. The minimum atomic E-state index is -0.0821. The van der Waals surface area contributed by atoms with E-state index in [2.05, 4.69) is 46.8 Å². The molecule has 3 atom stereocenters. The van der Waals surface area contributed by atoms with E-state index in [0.29, 0.717) is 5.92 Å². The summed E-state index contributed by atoms with van der Waals surface area (Å²) < 4.78 is 0. The van der Waals surface area contributed by atoms with Gasteiger partial charge in [-0.2, -0.15) is 5.10 Å². The zero-order valence-electron chi connectivity index (χ0n) is 14.2. The third-order valence-electron chi connectivity index (χ3n) is 5.25. The van der Waals surface area contributed by atoms with Crippen molar-refractivity contribution in [3.05, 3.63) is 71.8 Å². The quantitative estimate of drug-likeness (QED) is 0.885. The van der Waals surface area contributed by atoms with Crippen LogP contribution in [0.3, 0.4) is 0 Å². The average Bonchev–Trinajstić information content (AvgIpc) is 3.33. The molecular formula is C21H23N3O. The molecule has 1 aliphatic carbocycles. The summed E-state index contributed by atoms with van der Waals surface area (Å²) in [6, 6.07) is 20.9. The summed E-state index contributed by atoms with van der Waals surface area (Å²) >= 11 is 0. The van der Waals surface area contributed by atoms with Crippen molar-refractivity contribution >= 4 is 12.2 Å². The average molecular weight is 333 g/mol. The molecule has 0 saturated heterocycles. The molecule has 1 aliphatic heterocycles. The van der Waals surface area contributed by atoms with Crippen molar-refractivity contribution in [2.24, 2.45) is 5.10 Å². The van der Waals surface area contributed by atoms with Crippen LogP contribution in [-0.2, 0) is 0 Å². The molecule has 0 aromatic heterocycles. The lowest BCUT2D eigenvalue weighted by Crippen LogP contribution is -2.41. The molecule has 1 fully saturated rings. The van der Waals surface area contributed by atoms with Gasteiger partial charge in [0.05, 0.1) is 6.04 Å². The van der Waals surface area contributed by atoms with E-state index in [0.717, 1.165) is 31.2 Å². The van der Waals surface area contributed by atoms with Crippen molar-refractivity contribution in [3.8, 4) is 0 Å². The van der Waals surface area contributed by atoms with E-state index in [-0.39, 0.29) is 18.1 Å². The van der Waals surface area contributed by atoms with Gasteiger partial charge in [-0.05, 0) is 36.3 Å². The zero-order valence-corrected chi connectivity index (χ0v) is 14.2. The van der Waals surface area contributed by atoms with Crippen molar-refractivity contribution < 1.29 is 4.79 Å². The predicted octanol–water partition coefficient (Wildman–Crippen LogP) is 4.47. The van der Waals surface area contributed by atoms with Crippen LogP contribution >= 0.6 is 0 Å². The highest BCUT2D eigenvalue weighted by atomic mass is 16.2. The smallest absolute Gasteiger partial charge is 0.334 e. The van der Waals surface area contributed by atoms with E-state index in [1.807, 2.05) is 30.5 Å². The molecule has 25 heavy (non-hydrogen) atoms. The van der Waals surface area contributed by atoms with Gasteiger partial charge in [0.15, 0.2) is 0 Å².